The average Bonchev–Trinajstić information content (AvgIpc) is 3.45. The zero-order chi connectivity index (χ0) is 23.0. The quantitative estimate of drug-likeness (QED) is 0.561. The van der Waals surface area contributed by atoms with E-state index in [2.05, 4.69) is 5.32 Å². The first-order valence-electron chi connectivity index (χ1n) is 10.9. The summed E-state index contributed by atoms with van der Waals surface area (Å²) in [6, 6.07) is 5.81. The largest absolute Gasteiger partial charge is 0.481 e. The number of halogens is 1. The molecule has 2 aliphatic rings. The number of anilines is 1. The molecule has 1 amide bonds. The van der Waals surface area contributed by atoms with Crippen LogP contribution in [0.15, 0.2) is 24.3 Å². The van der Waals surface area contributed by atoms with E-state index >= 15 is 0 Å². The van der Waals surface area contributed by atoms with Gasteiger partial charge < -0.3 is 15.2 Å². The number of esters is 1. The summed E-state index contributed by atoms with van der Waals surface area (Å²) in [6.45, 7) is 3.95. The molecule has 2 aliphatic carbocycles. The van der Waals surface area contributed by atoms with E-state index in [1.54, 1.807) is 12.1 Å². The SMILES string of the molecule is CCCOC(=O)c1c(NC(=O)[C@H]2[C@@H]3CC[C@@H](C3)[C@@H]2C(=O)O)sc(C)c1-c1ccc(F)cc1. The van der Waals surface area contributed by atoms with Gasteiger partial charge in [0.25, 0.3) is 0 Å². The van der Waals surface area contributed by atoms with Crippen LogP contribution in [0.5, 0.6) is 0 Å². The molecule has 0 unspecified atom stereocenters. The lowest BCUT2D eigenvalue weighted by molar-refractivity contribution is -0.148. The molecule has 2 fully saturated rings. The summed E-state index contributed by atoms with van der Waals surface area (Å²) in [5.41, 5.74) is 1.47. The van der Waals surface area contributed by atoms with E-state index in [1.807, 2.05) is 13.8 Å². The number of amides is 1. The monoisotopic (exact) mass is 459 g/mol. The van der Waals surface area contributed by atoms with Gasteiger partial charge in [-0.3, -0.25) is 9.59 Å². The molecule has 2 N–H and O–H groups in total. The Hall–Kier alpha value is -2.74. The molecule has 1 aromatic carbocycles. The van der Waals surface area contributed by atoms with E-state index in [-0.39, 0.29) is 35.7 Å². The second-order valence-corrected chi connectivity index (χ2v) is 9.82. The summed E-state index contributed by atoms with van der Waals surface area (Å²) < 4.78 is 18.8. The first kappa shape index (κ1) is 22.5. The first-order chi connectivity index (χ1) is 15.3. The predicted molar refractivity (Wildman–Crippen MR) is 119 cm³/mol. The minimum atomic E-state index is -0.936. The molecule has 1 heterocycles. The van der Waals surface area contributed by atoms with Crippen LogP contribution in [0.4, 0.5) is 9.39 Å². The Morgan fingerprint density at radius 1 is 1.16 bits per heavy atom. The van der Waals surface area contributed by atoms with Gasteiger partial charge in [0.05, 0.1) is 18.4 Å². The Balaban J connectivity index is 1.69. The highest BCUT2D eigenvalue weighted by atomic mass is 32.1. The second-order valence-electron chi connectivity index (χ2n) is 8.59. The first-order valence-corrected chi connectivity index (χ1v) is 11.7. The van der Waals surface area contributed by atoms with E-state index in [4.69, 9.17) is 4.74 Å². The summed E-state index contributed by atoms with van der Waals surface area (Å²) in [5, 5.41) is 12.9. The maximum absolute atomic E-state index is 13.5. The van der Waals surface area contributed by atoms with Gasteiger partial charge in [-0.1, -0.05) is 19.1 Å². The topological polar surface area (TPSA) is 92.7 Å². The van der Waals surface area contributed by atoms with Crippen LogP contribution in [-0.2, 0) is 14.3 Å². The van der Waals surface area contributed by atoms with Gasteiger partial charge in [-0.05, 0) is 62.1 Å². The van der Waals surface area contributed by atoms with Gasteiger partial charge in [-0.2, -0.15) is 0 Å². The smallest absolute Gasteiger partial charge is 0.341 e. The number of benzene rings is 1. The molecular weight excluding hydrogens is 433 g/mol. The van der Waals surface area contributed by atoms with Crippen molar-refractivity contribution in [1.82, 2.24) is 0 Å². The Morgan fingerprint density at radius 3 is 2.44 bits per heavy atom. The molecule has 8 heteroatoms. The number of carbonyl (C=O) groups excluding carboxylic acids is 2. The van der Waals surface area contributed by atoms with Crippen LogP contribution < -0.4 is 5.32 Å². The zero-order valence-electron chi connectivity index (χ0n) is 18.0. The fraction of sp³-hybridized carbons (Fsp3) is 0.458. The highest BCUT2D eigenvalue weighted by molar-refractivity contribution is 7.17. The lowest BCUT2D eigenvalue weighted by atomic mass is 9.78. The van der Waals surface area contributed by atoms with Crippen LogP contribution in [0.3, 0.4) is 0 Å². The number of nitrogens with one attached hydrogen (secondary N) is 1. The van der Waals surface area contributed by atoms with Gasteiger partial charge in [0, 0.05) is 10.4 Å². The second kappa shape index (κ2) is 9.02. The number of thiophene rings is 1. The van der Waals surface area contributed by atoms with Gasteiger partial charge in [0.15, 0.2) is 0 Å². The van der Waals surface area contributed by atoms with Crippen molar-refractivity contribution < 1.29 is 28.6 Å². The average molecular weight is 460 g/mol. The molecular formula is C24H26FNO5S. The van der Waals surface area contributed by atoms with E-state index in [0.717, 1.165) is 24.1 Å². The molecule has 2 saturated carbocycles. The number of aryl methyl sites for hydroxylation is 1. The molecule has 32 heavy (non-hydrogen) atoms. The van der Waals surface area contributed by atoms with E-state index in [0.29, 0.717) is 22.5 Å². The van der Waals surface area contributed by atoms with Gasteiger partial charge in [-0.25, -0.2) is 9.18 Å². The normalized spacial score (nSPS) is 23.8. The van der Waals surface area contributed by atoms with Crippen molar-refractivity contribution in [1.29, 1.82) is 0 Å². The molecule has 4 rings (SSSR count). The number of carbonyl (C=O) groups is 3. The Morgan fingerprint density at radius 2 is 1.81 bits per heavy atom. The molecule has 0 saturated heterocycles. The maximum atomic E-state index is 13.5. The molecule has 0 aliphatic heterocycles. The summed E-state index contributed by atoms with van der Waals surface area (Å²) in [5.74, 6) is -3.47. The van der Waals surface area contributed by atoms with Crippen LogP contribution >= 0.6 is 11.3 Å². The van der Waals surface area contributed by atoms with Crippen molar-refractivity contribution >= 4 is 34.2 Å². The number of hydrogen-bond donors (Lipinski definition) is 2. The zero-order valence-corrected chi connectivity index (χ0v) is 18.8. The summed E-state index contributed by atoms with van der Waals surface area (Å²) in [4.78, 5) is 38.8. The van der Waals surface area contributed by atoms with Crippen molar-refractivity contribution in [3.8, 4) is 11.1 Å². The van der Waals surface area contributed by atoms with Crippen LogP contribution in [0.1, 0.15) is 47.8 Å². The molecule has 2 bridgehead atoms. The molecule has 4 atom stereocenters. The van der Waals surface area contributed by atoms with E-state index in [1.165, 1.54) is 23.5 Å². The highest BCUT2D eigenvalue weighted by Gasteiger charge is 2.54. The number of hydrogen-bond acceptors (Lipinski definition) is 5. The van der Waals surface area contributed by atoms with Crippen molar-refractivity contribution in [2.24, 2.45) is 23.7 Å². The number of carboxylic acids is 1. The van der Waals surface area contributed by atoms with Crippen LogP contribution in [-0.4, -0.2) is 29.6 Å². The van der Waals surface area contributed by atoms with Crippen molar-refractivity contribution in [3.05, 3.63) is 40.5 Å². The maximum Gasteiger partial charge on any atom is 0.341 e. The number of carboxylic acid groups (broad SMARTS) is 1. The third-order valence-electron chi connectivity index (χ3n) is 6.60. The Bertz CT molecular complexity index is 1050. The van der Waals surface area contributed by atoms with Crippen LogP contribution in [0.2, 0.25) is 0 Å². The summed E-state index contributed by atoms with van der Waals surface area (Å²) in [6.07, 6.45) is 3.09. The third-order valence-corrected chi connectivity index (χ3v) is 7.62. The molecule has 170 valence electrons. The van der Waals surface area contributed by atoms with E-state index in [9.17, 15) is 23.9 Å². The number of ether oxygens (including phenoxy) is 1. The van der Waals surface area contributed by atoms with Crippen molar-refractivity contribution in [3.63, 3.8) is 0 Å². The van der Waals surface area contributed by atoms with Crippen LogP contribution in [0, 0.1) is 36.4 Å². The number of aliphatic carboxylic acids is 1. The number of rotatable bonds is 7. The van der Waals surface area contributed by atoms with Gasteiger partial charge >= 0.3 is 11.9 Å². The van der Waals surface area contributed by atoms with Gasteiger partial charge in [0.2, 0.25) is 5.91 Å². The highest BCUT2D eigenvalue weighted by Crippen LogP contribution is 2.53. The molecule has 0 spiro atoms. The fourth-order valence-electron chi connectivity index (χ4n) is 5.28. The summed E-state index contributed by atoms with van der Waals surface area (Å²) >= 11 is 1.24. The predicted octanol–water partition coefficient (Wildman–Crippen LogP) is 5.11. The standard InChI is InChI=1S/C24H26FNO5S/c1-3-10-31-24(30)20-17(13-6-8-16(25)9-7-13)12(2)32-22(20)26-21(27)18-14-4-5-15(11-14)19(18)23(28)29/h6-9,14-15,18-19H,3-5,10-11H2,1-2H3,(H,26,27)(H,28,29)/t14-,15+,18+,19+/m1/s1. The summed E-state index contributed by atoms with van der Waals surface area (Å²) in [7, 11) is 0. The minimum absolute atomic E-state index is 0.0297. The molecule has 1 aromatic heterocycles. The van der Waals surface area contributed by atoms with Crippen LogP contribution in [0.25, 0.3) is 11.1 Å². The lowest BCUT2D eigenvalue weighted by Crippen LogP contribution is -2.38. The molecule has 0 radical (unpaired) electrons. The number of fused-ring (bicyclic) bond motifs is 2. The minimum Gasteiger partial charge on any atom is -0.481 e. The van der Waals surface area contributed by atoms with E-state index < -0.39 is 23.8 Å². The van der Waals surface area contributed by atoms with Gasteiger partial charge in [-0.15, -0.1) is 11.3 Å². The lowest BCUT2D eigenvalue weighted by Gasteiger charge is -2.27. The molecule has 6 nitrogen and oxygen atoms in total. The van der Waals surface area contributed by atoms with Crippen molar-refractivity contribution in [2.75, 3.05) is 11.9 Å². The fourth-order valence-corrected chi connectivity index (χ4v) is 6.34. The Kier molecular flexibility index (Phi) is 6.33. The Labute approximate surface area is 189 Å². The van der Waals surface area contributed by atoms with Crippen molar-refractivity contribution in [2.45, 2.75) is 39.5 Å². The van der Waals surface area contributed by atoms with Gasteiger partial charge in [0.1, 0.15) is 16.4 Å². The molecule has 2 aromatic rings. The third kappa shape index (κ3) is 4.03.